The van der Waals surface area contributed by atoms with Gasteiger partial charge in [-0.1, -0.05) is 19.6 Å². The number of rotatable bonds is 5. The van der Waals surface area contributed by atoms with Crippen LogP contribution in [0.15, 0.2) is 72.5 Å². The summed E-state index contributed by atoms with van der Waals surface area (Å²) in [6, 6.07) is 15.0. The molecule has 0 atom stereocenters. The molecular weight excluding hydrogens is 448 g/mol. The molecule has 5 heterocycles. The Hall–Kier alpha value is -4.05. The highest BCUT2D eigenvalue weighted by Gasteiger charge is 2.19. The molecule has 0 aromatic carbocycles. The van der Waals surface area contributed by atoms with Crippen molar-refractivity contribution in [3.8, 4) is 10.6 Å². The molecule has 174 valence electrons. The molecule has 0 radical (unpaired) electrons. The van der Waals surface area contributed by atoms with Gasteiger partial charge in [0.15, 0.2) is 0 Å². The summed E-state index contributed by atoms with van der Waals surface area (Å²) in [7, 11) is 0. The first-order valence-corrected chi connectivity index (χ1v) is 11.4. The largest absolute Gasteiger partial charge is 0.353 e. The summed E-state index contributed by atoms with van der Waals surface area (Å²) in [5, 5.41) is 8.19. The van der Waals surface area contributed by atoms with E-state index in [1.807, 2.05) is 48.7 Å². The highest BCUT2D eigenvalue weighted by atomic mass is 32.1. The van der Waals surface area contributed by atoms with Crippen LogP contribution in [0.25, 0.3) is 10.6 Å². The van der Waals surface area contributed by atoms with Crippen molar-refractivity contribution in [1.29, 1.82) is 0 Å². The molecule has 5 rings (SSSR count). The van der Waals surface area contributed by atoms with Crippen molar-refractivity contribution in [3.05, 3.63) is 72.5 Å². The van der Waals surface area contributed by atoms with Gasteiger partial charge in [-0.2, -0.15) is 0 Å². The number of anilines is 4. The van der Waals surface area contributed by atoms with Crippen molar-refractivity contribution < 1.29 is 4.79 Å². The van der Waals surface area contributed by atoms with Crippen molar-refractivity contribution in [3.63, 3.8) is 0 Å². The summed E-state index contributed by atoms with van der Waals surface area (Å²) < 4.78 is 0. The summed E-state index contributed by atoms with van der Waals surface area (Å²) in [6.45, 7) is 3.38. The molecule has 0 spiro atoms. The molecule has 2 N–H and O–H groups in total. The van der Waals surface area contributed by atoms with E-state index >= 15 is 0 Å². The van der Waals surface area contributed by atoms with Crippen molar-refractivity contribution in [2.45, 2.75) is 7.43 Å². The van der Waals surface area contributed by atoms with Crippen LogP contribution >= 0.6 is 11.3 Å². The maximum atomic E-state index is 12.5. The molecule has 1 aliphatic rings. The average Bonchev–Trinajstić information content (AvgIpc) is 3.34. The number of pyridine rings is 3. The van der Waals surface area contributed by atoms with Crippen LogP contribution in [0.1, 0.15) is 7.43 Å². The van der Waals surface area contributed by atoms with E-state index < -0.39 is 0 Å². The van der Waals surface area contributed by atoms with E-state index in [0.29, 0.717) is 11.6 Å². The number of urea groups is 1. The molecule has 1 saturated heterocycles. The SMILES string of the molecule is C.O=C(Nc1cccc(N2CCN(c3ccccn3)CC2)n1)Nc1csc(-c2ccncc2)n1. The van der Waals surface area contributed by atoms with Gasteiger partial charge in [-0.25, -0.2) is 19.7 Å². The first-order chi connectivity index (χ1) is 16.2. The van der Waals surface area contributed by atoms with E-state index in [4.69, 9.17) is 0 Å². The third kappa shape index (κ3) is 5.46. The first-order valence-electron chi connectivity index (χ1n) is 10.6. The monoisotopic (exact) mass is 474 g/mol. The van der Waals surface area contributed by atoms with Gasteiger partial charge in [0.25, 0.3) is 0 Å². The number of thiazole rings is 1. The van der Waals surface area contributed by atoms with Crippen molar-refractivity contribution in [2.75, 3.05) is 46.6 Å². The van der Waals surface area contributed by atoms with Crippen LogP contribution in [0, 0.1) is 0 Å². The lowest BCUT2D eigenvalue weighted by Gasteiger charge is -2.36. The Kier molecular flexibility index (Phi) is 7.28. The standard InChI is InChI=1S/C23H22N8OS.CH4/c32-23(29-19-16-33-22(27-19)17-7-10-24-11-8-17)28-18-4-3-6-21(26-18)31-14-12-30(13-15-31)20-5-1-2-9-25-20;/h1-11,16H,12-15H2,(H2,26,28,29,32);1H4. The van der Waals surface area contributed by atoms with E-state index in [1.165, 1.54) is 11.3 Å². The maximum absolute atomic E-state index is 12.5. The van der Waals surface area contributed by atoms with Gasteiger partial charge >= 0.3 is 6.03 Å². The highest BCUT2D eigenvalue weighted by molar-refractivity contribution is 7.13. The van der Waals surface area contributed by atoms with Gasteiger partial charge in [-0.05, 0) is 36.4 Å². The van der Waals surface area contributed by atoms with E-state index in [1.54, 1.807) is 23.8 Å². The second-order valence-corrected chi connectivity index (χ2v) is 8.25. The zero-order valence-electron chi connectivity index (χ0n) is 17.8. The Bertz CT molecular complexity index is 1210. The zero-order valence-corrected chi connectivity index (χ0v) is 18.6. The van der Waals surface area contributed by atoms with Crippen LogP contribution in [-0.4, -0.2) is 52.1 Å². The molecule has 2 amide bonds. The van der Waals surface area contributed by atoms with E-state index in [9.17, 15) is 4.79 Å². The summed E-state index contributed by atoms with van der Waals surface area (Å²) in [5.41, 5.74) is 0.959. The van der Waals surface area contributed by atoms with E-state index in [0.717, 1.165) is 48.4 Å². The van der Waals surface area contributed by atoms with Gasteiger partial charge in [0, 0.05) is 55.7 Å². The number of amides is 2. The predicted molar refractivity (Wildman–Crippen MR) is 138 cm³/mol. The Morgan fingerprint density at radius 3 is 2.24 bits per heavy atom. The first kappa shape index (κ1) is 23.1. The van der Waals surface area contributed by atoms with Crippen molar-refractivity contribution in [2.24, 2.45) is 0 Å². The smallest absolute Gasteiger partial charge is 0.326 e. The molecule has 4 aromatic heterocycles. The fraction of sp³-hybridized carbons (Fsp3) is 0.208. The van der Waals surface area contributed by atoms with Crippen LogP contribution in [-0.2, 0) is 0 Å². The van der Waals surface area contributed by atoms with E-state index in [2.05, 4.69) is 40.4 Å². The number of piperazine rings is 1. The minimum absolute atomic E-state index is 0. The van der Waals surface area contributed by atoms with Gasteiger partial charge in [-0.3, -0.25) is 15.6 Å². The lowest BCUT2D eigenvalue weighted by atomic mass is 10.3. The molecule has 9 nitrogen and oxygen atoms in total. The van der Waals surface area contributed by atoms with Gasteiger partial charge in [0.05, 0.1) is 0 Å². The van der Waals surface area contributed by atoms with Crippen LogP contribution in [0.2, 0.25) is 0 Å². The van der Waals surface area contributed by atoms with Crippen LogP contribution < -0.4 is 20.4 Å². The molecule has 34 heavy (non-hydrogen) atoms. The number of hydrogen-bond donors (Lipinski definition) is 2. The van der Waals surface area contributed by atoms with E-state index in [-0.39, 0.29) is 13.5 Å². The number of carbonyl (C=O) groups is 1. The highest BCUT2D eigenvalue weighted by Crippen LogP contribution is 2.25. The second kappa shape index (κ2) is 10.7. The molecule has 1 aliphatic heterocycles. The predicted octanol–water partition coefficient (Wildman–Crippen LogP) is 4.60. The molecular formula is C24H26N8OS. The van der Waals surface area contributed by atoms with Crippen LogP contribution in [0.3, 0.4) is 0 Å². The average molecular weight is 475 g/mol. The van der Waals surface area contributed by atoms with Gasteiger partial charge in [0.2, 0.25) is 0 Å². The van der Waals surface area contributed by atoms with Gasteiger partial charge in [0.1, 0.15) is 28.3 Å². The lowest BCUT2D eigenvalue weighted by Crippen LogP contribution is -2.47. The summed E-state index contributed by atoms with van der Waals surface area (Å²) in [5.74, 6) is 2.81. The van der Waals surface area contributed by atoms with Crippen molar-refractivity contribution >= 4 is 40.6 Å². The Morgan fingerprint density at radius 1 is 0.794 bits per heavy atom. The molecule has 4 aromatic rings. The zero-order chi connectivity index (χ0) is 22.5. The molecule has 0 saturated carbocycles. The fourth-order valence-electron chi connectivity index (χ4n) is 3.60. The third-order valence-electron chi connectivity index (χ3n) is 5.23. The minimum atomic E-state index is -0.383. The number of hydrogen-bond acceptors (Lipinski definition) is 8. The molecule has 1 fully saturated rings. The lowest BCUT2D eigenvalue weighted by molar-refractivity contribution is 0.262. The molecule has 0 unspecified atom stereocenters. The third-order valence-corrected chi connectivity index (χ3v) is 6.12. The molecule has 0 bridgehead atoms. The topological polar surface area (TPSA) is 99.2 Å². The number of nitrogens with one attached hydrogen (secondary N) is 2. The van der Waals surface area contributed by atoms with Crippen molar-refractivity contribution in [1.82, 2.24) is 19.9 Å². The minimum Gasteiger partial charge on any atom is -0.353 e. The summed E-state index contributed by atoms with van der Waals surface area (Å²) in [4.78, 5) is 34.5. The Labute approximate surface area is 202 Å². The quantitative estimate of drug-likeness (QED) is 0.436. The number of nitrogens with zero attached hydrogens (tertiary/aromatic N) is 6. The Morgan fingerprint density at radius 2 is 1.50 bits per heavy atom. The number of aromatic nitrogens is 4. The molecule has 0 aliphatic carbocycles. The summed E-state index contributed by atoms with van der Waals surface area (Å²) in [6.07, 6.45) is 5.25. The normalized spacial score (nSPS) is 13.2. The van der Waals surface area contributed by atoms with Gasteiger partial charge < -0.3 is 9.80 Å². The number of carbonyl (C=O) groups excluding carboxylic acids is 1. The summed E-state index contributed by atoms with van der Waals surface area (Å²) >= 11 is 1.46. The maximum Gasteiger partial charge on any atom is 0.326 e. The second-order valence-electron chi connectivity index (χ2n) is 7.40. The van der Waals surface area contributed by atoms with Gasteiger partial charge in [-0.15, -0.1) is 11.3 Å². The van der Waals surface area contributed by atoms with Crippen LogP contribution in [0.5, 0.6) is 0 Å². The molecule has 10 heteroatoms. The Balaban J connectivity index is 0.00000274. The van der Waals surface area contributed by atoms with Crippen LogP contribution in [0.4, 0.5) is 28.1 Å². The fourth-order valence-corrected chi connectivity index (χ4v) is 4.35.